The van der Waals surface area contributed by atoms with Gasteiger partial charge < -0.3 is 10.1 Å². The second kappa shape index (κ2) is 11.8. The van der Waals surface area contributed by atoms with E-state index < -0.39 is 0 Å². The molecule has 0 aliphatic rings. The minimum atomic E-state index is -0.211. The number of amides is 1. The molecule has 0 radical (unpaired) electrons. The topological polar surface area (TPSA) is 81.2 Å². The molecule has 0 bridgehead atoms. The summed E-state index contributed by atoms with van der Waals surface area (Å²) in [5.74, 6) is -0.329. The molecule has 0 spiro atoms. The zero-order valence-electron chi connectivity index (χ0n) is 20.4. The summed E-state index contributed by atoms with van der Waals surface area (Å²) < 4.78 is 4.74. The predicted octanol–water partition coefficient (Wildman–Crippen LogP) is 6.33. The Morgan fingerprint density at radius 1 is 0.944 bits per heavy atom. The first kappa shape index (κ1) is 25.3. The van der Waals surface area contributed by atoms with E-state index in [1.807, 2.05) is 73.7 Å². The highest BCUT2D eigenvalue weighted by molar-refractivity contribution is 6.31. The zero-order chi connectivity index (χ0) is 25.5. The summed E-state index contributed by atoms with van der Waals surface area (Å²) in [7, 11) is 1.40. The average molecular weight is 502 g/mol. The highest BCUT2D eigenvalue weighted by atomic mass is 35.5. The maximum Gasteiger partial charge on any atom is 0.305 e. The largest absolute Gasteiger partial charge is 0.469 e. The quantitative estimate of drug-likeness (QED) is 0.214. The molecular formula is C29H28ClN3O3. The Kier molecular flexibility index (Phi) is 8.28. The van der Waals surface area contributed by atoms with Crippen LogP contribution in [0.1, 0.15) is 36.1 Å². The second-order valence-electron chi connectivity index (χ2n) is 8.68. The van der Waals surface area contributed by atoms with Gasteiger partial charge in [-0.2, -0.15) is 0 Å². The molecule has 1 aromatic heterocycles. The number of hydrogen-bond donors (Lipinski definition) is 1. The number of rotatable bonds is 9. The SMILES string of the molecule is COC(=O)CCCCc1nc2cc(NC(=O)Cc3ccc(Cl)c(C)c3)ccc2nc1-c1ccccc1. The third kappa shape index (κ3) is 6.46. The van der Waals surface area contributed by atoms with Crippen molar-refractivity contribution in [2.45, 2.75) is 39.0 Å². The van der Waals surface area contributed by atoms with Crippen LogP contribution in [0.4, 0.5) is 5.69 Å². The number of nitrogens with zero attached hydrogens (tertiary/aromatic N) is 2. The number of carbonyl (C=O) groups excluding carboxylic acids is 2. The number of aromatic nitrogens is 2. The number of anilines is 1. The van der Waals surface area contributed by atoms with Crippen molar-refractivity contribution in [2.24, 2.45) is 0 Å². The van der Waals surface area contributed by atoms with Gasteiger partial charge in [-0.05, 0) is 61.6 Å². The highest BCUT2D eigenvalue weighted by Gasteiger charge is 2.13. The molecule has 1 heterocycles. The van der Waals surface area contributed by atoms with E-state index in [1.54, 1.807) is 0 Å². The molecule has 1 amide bonds. The second-order valence-corrected chi connectivity index (χ2v) is 9.09. The molecule has 184 valence electrons. The average Bonchev–Trinajstić information content (AvgIpc) is 2.88. The van der Waals surface area contributed by atoms with Gasteiger partial charge in [0.2, 0.25) is 5.91 Å². The first-order valence-electron chi connectivity index (χ1n) is 11.9. The van der Waals surface area contributed by atoms with Crippen molar-refractivity contribution in [3.8, 4) is 11.3 Å². The summed E-state index contributed by atoms with van der Waals surface area (Å²) >= 11 is 6.09. The number of nitrogens with one attached hydrogen (secondary N) is 1. The van der Waals surface area contributed by atoms with Gasteiger partial charge in [0.05, 0.1) is 36.0 Å². The van der Waals surface area contributed by atoms with Crippen LogP contribution in [0.3, 0.4) is 0 Å². The molecule has 36 heavy (non-hydrogen) atoms. The zero-order valence-corrected chi connectivity index (χ0v) is 21.1. The van der Waals surface area contributed by atoms with Gasteiger partial charge >= 0.3 is 5.97 Å². The van der Waals surface area contributed by atoms with E-state index in [-0.39, 0.29) is 18.3 Å². The number of ether oxygens (including phenoxy) is 1. The van der Waals surface area contributed by atoms with E-state index in [1.165, 1.54) is 7.11 Å². The molecule has 1 N–H and O–H groups in total. The Hall–Kier alpha value is -3.77. The van der Waals surface area contributed by atoms with Crippen molar-refractivity contribution in [3.63, 3.8) is 0 Å². The van der Waals surface area contributed by atoms with Crippen molar-refractivity contribution in [3.05, 3.63) is 88.6 Å². The predicted molar refractivity (Wildman–Crippen MR) is 143 cm³/mol. The number of carbonyl (C=O) groups is 2. The molecule has 0 saturated carbocycles. The monoisotopic (exact) mass is 501 g/mol. The third-order valence-corrected chi connectivity index (χ3v) is 6.35. The molecule has 0 unspecified atom stereocenters. The fourth-order valence-electron chi connectivity index (χ4n) is 4.04. The normalized spacial score (nSPS) is 10.9. The summed E-state index contributed by atoms with van der Waals surface area (Å²) in [5.41, 5.74) is 6.64. The number of esters is 1. The van der Waals surface area contributed by atoms with Gasteiger partial charge in [-0.3, -0.25) is 9.59 Å². The lowest BCUT2D eigenvalue weighted by molar-refractivity contribution is -0.140. The highest BCUT2D eigenvalue weighted by Crippen LogP contribution is 2.26. The van der Waals surface area contributed by atoms with Crippen LogP contribution in [0.25, 0.3) is 22.3 Å². The number of unbranched alkanes of at least 4 members (excludes halogenated alkanes) is 1. The summed E-state index contributed by atoms with van der Waals surface area (Å²) in [6.45, 7) is 1.92. The molecule has 4 rings (SSSR count). The summed E-state index contributed by atoms with van der Waals surface area (Å²) in [6.07, 6.45) is 2.80. The van der Waals surface area contributed by atoms with Crippen molar-refractivity contribution >= 4 is 40.2 Å². The van der Waals surface area contributed by atoms with Crippen LogP contribution in [0, 0.1) is 6.92 Å². The van der Waals surface area contributed by atoms with Crippen molar-refractivity contribution in [1.82, 2.24) is 9.97 Å². The van der Waals surface area contributed by atoms with Crippen LogP contribution in [0.2, 0.25) is 5.02 Å². The summed E-state index contributed by atoms with van der Waals surface area (Å²) in [4.78, 5) is 33.9. The number of aryl methyl sites for hydroxylation is 2. The molecule has 0 aliphatic heterocycles. The maximum atomic E-state index is 12.7. The Morgan fingerprint density at radius 2 is 1.75 bits per heavy atom. The Bertz CT molecular complexity index is 1390. The number of benzene rings is 3. The Labute approximate surface area is 215 Å². The molecule has 0 saturated heterocycles. The van der Waals surface area contributed by atoms with Crippen LogP contribution < -0.4 is 5.32 Å². The van der Waals surface area contributed by atoms with Crippen molar-refractivity contribution < 1.29 is 14.3 Å². The van der Waals surface area contributed by atoms with Crippen LogP contribution in [-0.4, -0.2) is 29.0 Å². The van der Waals surface area contributed by atoms with Crippen LogP contribution in [0.15, 0.2) is 66.7 Å². The van der Waals surface area contributed by atoms with Crippen LogP contribution in [-0.2, 0) is 27.2 Å². The van der Waals surface area contributed by atoms with E-state index in [2.05, 4.69) is 5.32 Å². The molecule has 6 nitrogen and oxygen atoms in total. The fraction of sp³-hybridized carbons (Fsp3) is 0.241. The van der Waals surface area contributed by atoms with Gasteiger partial charge in [-0.25, -0.2) is 9.97 Å². The lowest BCUT2D eigenvalue weighted by atomic mass is 10.0. The molecule has 4 aromatic rings. The number of halogens is 1. The van der Waals surface area contributed by atoms with Crippen LogP contribution in [0.5, 0.6) is 0 Å². The maximum absolute atomic E-state index is 12.7. The Balaban J connectivity index is 1.56. The number of methoxy groups -OCH3 is 1. The van der Waals surface area contributed by atoms with Gasteiger partial charge in [-0.1, -0.05) is 54.1 Å². The molecule has 0 fully saturated rings. The Morgan fingerprint density at radius 3 is 2.50 bits per heavy atom. The van der Waals surface area contributed by atoms with Gasteiger partial charge in [0.15, 0.2) is 0 Å². The molecule has 7 heteroatoms. The molecular weight excluding hydrogens is 474 g/mol. The van der Waals surface area contributed by atoms with E-state index in [0.29, 0.717) is 35.5 Å². The lowest BCUT2D eigenvalue weighted by Crippen LogP contribution is -2.14. The fourth-order valence-corrected chi connectivity index (χ4v) is 4.16. The van der Waals surface area contributed by atoms with Crippen molar-refractivity contribution in [1.29, 1.82) is 0 Å². The number of fused-ring (bicyclic) bond motifs is 1. The van der Waals surface area contributed by atoms with Gasteiger partial charge in [0, 0.05) is 22.7 Å². The van der Waals surface area contributed by atoms with E-state index in [0.717, 1.165) is 40.0 Å². The van der Waals surface area contributed by atoms with E-state index >= 15 is 0 Å². The minimum absolute atomic E-state index is 0.118. The standard InChI is InChI=1S/C29H28ClN3O3/c1-19-16-20(12-14-23(19)30)17-27(34)31-22-13-15-24-26(18-22)32-25(10-6-7-11-28(35)36-2)29(33-24)21-8-4-3-5-9-21/h3-5,8-9,12-16,18H,6-7,10-11,17H2,1-2H3,(H,31,34). The smallest absolute Gasteiger partial charge is 0.305 e. The van der Waals surface area contributed by atoms with Gasteiger partial charge in [0.25, 0.3) is 0 Å². The van der Waals surface area contributed by atoms with E-state index in [9.17, 15) is 9.59 Å². The van der Waals surface area contributed by atoms with Crippen molar-refractivity contribution in [2.75, 3.05) is 12.4 Å². The minimum Gasteiger partial charge on any atom is -0.469 e. The number of hydrogen-bond acceptors (Lipinski definition) is 5. The van der Waals surface area contributed by atoms with Crippen LogP contribution >= 0.6 is 11.6 Å². The third-order valence-electron chi connectivity index (χ3n) is 5.93. The molecule has 0 atom stereocenters. The van der Waals surface area contributed by atoms with Gasteiger partial charge in [-0.15, -0.1) is 0 Å². The lowest BCUT2D eigenvalue weighted by Gasteiger charge is -2.12. The first-order valence-corrected chi connectivity index (χ1v) is 12.3. The first-order chi connectivity index (χ1) is 17.4. The van der Waals surface area contributed by atoms with Gasteiger partial charge in [0.1, 0.15) is 0 Å². The molecule has 0 aliphatic carbocycles. The summed E-state index contributed by atoms with van der Waals surface area (Å²) in [5, 5.41) is 3.65. The van der Waals surface area contributed by atoms with E-state index in [4.69, 9.17) is 26.3 Å². The molecule has 3 aromatic carbocycles. The summed E-state index contributed by atoms with van der Waals surface area (Å²) in [6, 6.07) is 21.1.